The maximum atomic E-state index is 11.7. The summed E-state index contributed by atoms with van der Waals surface area (Å²) in [7, 11) is 0. The van der Waals surface area contributed by atoms with E-state index in [0.717, 1.165) is 55.9 Å². The molecule has 0 spiro atoms. The fraction of sp³-hybridized carbons (Fsp3) is 0.524. The van der Waals surface area contributed by atoms with Crippen molar-refractivity contribution < 1.29 is 9.26 Å². The highest BCUT2D eigenvalue weighted by atomic mass is 16.5. The summed E-state index contributed by atoms with van der Waals surface area (Å²) in [4.78, 5) is 25.1. The largest absolute Gasteiger partial charge is 0.494 e. The molecule has 1 N–H and O–H groups in total. The summed E-state index contributed by atoms with van der Waals surface area (Å²) >= 11 is 0. The number of hydrogen-bond acceptors (Lipinski definition) is 7. The van der Waals surface area contributed by atoms with Crippen LogP contribution in [0.5, 0.6) is 5.75 Å². The van der Waals surface area contributed by atoms with Gasteiger partial charge in [0.05, 0.1) is 23.8 Å². The third kappa shape index (κ3) is 4.58. The van der Waals surface area contributed by atoms with Gasteiger partial charge in [0.2, 0.25) is 0 Å². The van der Waals surface area contributed by atoms with Crippen LogP contribution in [0.4, 0.5) is 6.01 Å². The van der Waals surface area contributed by atoms with Gasteiger partial charge in [-0.2, -0.15) is 9.97 Å². The summed E-state index contributed by atoms with van der Waals surface area (Å²) in [5.74, 6) is 2.52. The molecule has 29 heavy (non-hydrogen) atoms. The van der Waals surface area contributed by atoms with Gasteiger partial charge in [0.15, 0.2) is 5.82 Å². The van der Waals surface area contributed by atoms with Gasteiger partial charge >= 0.3 is 6.01 Å². The molecule has 1 saturated heterocycles. The zero-order valence-corrected chi connectivity index (χ0v) is 16.9. The minimum Gasteiger partial charge on any atom is -0.494 e. The number of hydrogen-bond donors (Lipinski definition) is 1. The smallest absolute Gasteiger partial charge is 0.324 e. The van der Waals surface area contributed by atoms with Crippen LogP contribution in [0.1, 0.15) is 51.3 Å². The Bertz CT molecular complexity index is 1000. The van der Waals surface area contributed by atoms with Crippen molar-refractivity contribution in [3.63, 3.8) is 0 Å². The van der Waals surface area contributed by atoms with Gasteiger partial charge in [-0.1, -0.05) is 19.0 Å². The second kappa shape index (κ2) is 8.63. The predicted octanol–water partition coefficient (Wildman–Crippen LogP) is 3.51. The standard InChI is InChI=1S/C21H27N5O3/c1-14(2)19-24-21(29-25-19)26-9-7-15(8-10-26)4-3-11-28-16-5-6-17-18(12-16)22-13-23-20(17)27/h5-6,12-15H,3-4,7-11H2,1-2H3,(H,22,23,27). The summed E-state index contributed by atoms with van der Waals surface area (Å²) in [6.07, 6.45) is 5.82. The number of rotatable bonds is 7. The van der Waals surface area contributed by atoms with E-state index in [1.54, 1.807) is 6.07 Å². The molecule has 0 unspecified atom stereocenters. The Morgan fingerprint density at radius 2 is 2.14 bits per heavy atom. The Hall–Kier alpha value is -2.90. The quantitative estimate of drug-likeness (QED) is 0.609. The van der Waals surface area contributed by atoms with Crippen LogP contribution < -0.4 is 15.2 Å². The lowest BCUT2D eigenvalue weighted by molar-refractivity contribution is 0.276. The molecule has 8 heteroatoms. The van der Waals surface area contributed by atoms with Crippen molar-refractivity contribution in [2.75, 3.05) is 24.6 Å². The number of ether oxygens (including phenoxy) is 1. The number of aromatic nitrogens is 4. The van der Waals surface area contributed by atoms with E-state index in [1.165, 1.54) is 6.33 Å². The number of nitrogens with zero attached hydrogens (tertiary/aromatic N) is 4. The molecule has 3 aromatic rings. The SMILES string of the molecule is CC(C)c1noc(N2CCC(CCCOc3ccc4c(=O)nc[nH]c4c3)CC2)n1. The van der Waals surface area contributed by atoms with Crippen LogP contribution in [0.25, 0.3) is 10.9 Å². The number of nitrogens with one attached hydrogen (secondary N) is 1. The molecule has 1 aliphatic heterocycles. The molecule has 0 radical (unpaired) electrons. The summed E-state index contributed by atoms with van der Waals surface area (Å²) in [6.45, 7) is 6.71. The van der Waals surface area contributed by atoms with Crippen molar-refractivity contribution in [1.82, 2.24) is 20.1 Å². The minimum atomic E-state index is -0.224. The maximum absolute atomic E-state index is 11.7. The highest BCUT2D eigenvalue weighted by Crippen LogP contribution is 2.26. The molecule has 154 valence electrons. The van der Waals surface area contributed by atoms with Gasteiger partial charge in [-0.15, -0.1) is 0 Å². The first-order valence-electron chi connectivity index (χ1n) is 10.3. The van der Waals surface area contributed by atoms with E-state index in [9.17, 15) is 4.79 Å². The molecule has 3 heterocycles. The number of piperidine rings is 1. The van der Waals surface area contributed by atoms with E-state index in [1.807, 2.05) is 12.1 Å². The van der Waals surface area contributed by atoms with Gasteiger partial charge in [-0.05, 0) is 43.7 Å². The monoisotopic (exact) mass is 397 g/mol. The second-order valence-corrected chi connectivity index (χ2v) is 7.93. The lowest BCUT2D eigenvalue weighted by Crippen LogP contribution is -2.34. The van der Waals surface area contributed by atoms with E-state index in [-0.39, 0.29) is 11.5 Å². The number of anilines is 1. The number of benzene rings is 1. The Morgan fingerprint density at radius 1 is 1.31 bits per heavy atom. The fourth-order valence-corrected chi connectivity index (χ4v) is 3.71. The summed E-state index contributed by atoms with van der Waals surface area (Å²) < 4.78 is 11.3. The van der Waals surface area contributed by atoms with Crippen LogP contribution in [-0.4, -0.2) is 39.8 Å². The van der Waals surface area contributed by atoms with Gasteiger partial charge in [-0.3, -0.25) is 4.79 Å². The summed E-state index contributed by atoms with van der Waals surface area (Å²) in [5.41, 5.74) is 0.522. The van der Waals surface area contributed by atoms with E-state index in [2.05, 4.69) is 38.9 Å². The van der Waals surface area contributed by atoms with E-state index >= 15 is 0 Å². The molecule has 0 aliphatic carbocycles. The van der Waals surface area contributed by atoms with Gasteiger partial charge in [0, 0.05) is 25.1 Å². The molecule has 1 aromatic carbocycles. The van der Waals surface area contributed by atoms with E-state index in [0.29, 0.717) is 23.9 Å². The average molecular weight is 397 g/mol. The van der Waals surface area contributed by atoms with Crippen molar-refractivity contribution in [1.29, 1.82) is 0 Å². The Labute approximate surface area is 169 Å². The van der Waals surface area contributed by atoms with Crippen molar-refractivity contribution in [2.45, 2.75) is 45.4 Å². The normalized spacial score (nSPS) is 15.3. The maximum Gasteiger partial charge on any atom is 0.324 e. The minimum absolute atomic E-state index is 0.224. The van der Waals surface area contributed by atoms with E-state index < -0.39 is 0 Å². The zero-order chi connectivity index (χ0) is 20.2. The molecule has 0 saturated carbocycles. The van der Waals surface area contributed by atoms with Crippen LogP contribution in [0, 0.1) is 5.92 Å². The number of H-pyrrole nitrogens is 1. The van der Waals surface area contributed by atoms with Crippen LogP contribution >= 0.6 is 0 Å². The van der Waals surface area contributed by atoms with Gasteiger partial charge in [0.25, 0.3) is 5.56 Å². The highest BCUT2D eigenvalue weighted by Gasteiger charge is 2.23. The second-order valence-electron chi connectivity index (χ2n) is 7.93. The fourth-order valence-electron chi connectivity index (χ4n) is 3.71. The summed E-state index contributed by atoms with van der Waals surface area (Å²) in [5, 5.41) is 4.63. The van der Waals surface area contributed by atoms with Crippen molar-refractivity contribution in [3.8, 4) is 5.75 Å². The number of aromatic amines is 1. The Morgan fingerprint density at radius 3 is 2.90 bits per heavy atom. The molecule has 1 fully saturated rings. The number of fused-ring (bicyclic) bond motifs is 1. The molecular formula is C21H27N5O3. The molecule has 8 nitrogen and oxygen atoms in total. The van der Waals surface area contributed by atoms with Crippen molar-refractivity contribution >= 4 is 16.9 Å². The topological polar surface area (TPSA) is 97.1 Å². The Balaban J connectivity index is 1.20. The van der Waals surface area contributed by atoms with Crippen LogP contribution in [-0.2, 0) is 0 Å². The molecular weight excluding hydrogens is 370 g/mol. The average Bonchev–Trinajstić information content (AvgIpc) is 3.22. The third-order valence-corrected chi connectivity index (χ3v) is 5.48. The van der Waals surface area contributed by atoms with Crippen LogP contribution in [0.3, 0.4) is 0 Å². The lowest BCUT2D eigenvalue weighted by Gasteiger charge is -2.30. The van der Waals surface area contributed by atoms with E-state index in [4.69, 9.17) is 9.26 Å². The first-order chi connectivity index (χ1) is 14.1. The molecule has 0 bridgehead atoms. The molecule has 1 aliphatic rings. The van der Waals surface area contributed by atoms with Crippen molar-refractivity contribution in [3.05, 3.63) is 40.7 Å². The highest BCUT2D eigenvalue weighted by molar-refractivity contribution is 5.78. The third-order valence-electron chi connectivity index (χ3n) is 5.48. The summed E-state index contributed by atoms with van der Waals surface area (Å²) in [6, 6.07) is 6.09. The van der Waals surface area contributed by atoms with Gasteiger partial charge < -0.3 is 19.1 Å². The first kappa shape index (κ1) is 19.4. The Kier molecular flexibility index (Phi) is 5.78. The molecule has 2 aromatic heterocycles. The molecule has 4 rings (SSSR count). The zero-order valence-electron chi connectivity index (χ0n) is 16.9. The van der Waals surface area contributed by atoms with Crippen LogP contribution in [0.15, 0.2) is 33.8 Å². The van der Waals surface area contributed by atoms with Crippen LogP contribution in [0.2, 0.25) is 0 Å². The van der Waals surface area contributed by atoms with Gasteiger partial charge in [-0.25, -0.2) is 0 Å². The van der Waals surface area contributed by atoms with Gasteiger partial charge in [0.1, 0.15) is 5.75 Å². The first-order valence-corrected chi connectivity index (χ1v) is 10.3. The molecule has 0 amide bonds. The van der Waals surface area contributed by atoms with Crippen molar-refractivity contribution in [2.24, 2.45) is 5.92 Å². The molecule has 0 atom stereocenters. The predicted molar refractivity (Wildman–Crippen MR) is 110 cm³/mol. The lowest BCUT2D eigenvalue weighted by atomic mass is 9.92.